The van der Waals surface area contributed by atoms with Crippen molar-refractivity contribution in [1.29, 1.82) is 0 Å². The van der Waals surface area contributed by atoms with Crippen LogP contribution in [0.25, 0.3) is 0 Å². The molecule has 0 amide bonds. The molecule has 0 aromatic heterocycles. The second-order valence-corrected chi connectivity index (χ2v) is 0.519. The lowest BCUT2D eigenvalue weighted by atomic mass is 10.9. The van der Waals surface area contributed by atoms with Crippen LogP contribution in [-0.4, -0.2) is 11.1 Å². The molecular weight excluding hydrogens is 69.0 g/mol. The summed E-state index contributed by atoms with van der Waals surface area (Å²) in [5.41, 5.74) is 0. The van der Waals surface area contributed by atoms with Crippen LogP contribution < -0.4 is 0 Å². The van der Waals surface area contributed by atoms with Gasteiger partial charge in [-0.3, -0.25) is 4.79 Å². The lowest BCUT2D eigenvalue weighted by Crippen LogP contribution is -1.78. The third kappa shape index (κ3) is 26.7. The highest BCUT2D eigenvalue weighted by molar-refractivity contribution is 5.62. The van der Waals surface area contributed by atoms with E-state index >= 15 is 0 Å². The normalized spacial score (nSPS) is 5.00. The lowest BCUT2D eigenvalue weighted by Gasteiger charge is -1.59. The standard InChI is InChI=1S/C2H4O2.C/c1-2(3)4;/h1H3,(H,3,4);/i;1+1. The molecule has 2 nitrogen and oxygen atoms in total. The van der Waals surface area contributed by atoms with Crippen molar-refractivity contribution in [1.82, 2.24) is 0 Å². The molecule has 2 heteroatoms. The van der Waals surface area contributed by atoms with E-state index in [2.05, 4.69) is 0 Å². The topological polar surface area (TPSA) is 37.3 Å². The van der Waals surface area contributed by atoms with Crippen LogP contribution in [0.4, 0.5) is 0 Å². The zero-order valence-corrected chi connectivity index (χ0v) is 2.86. The molecular formula is C3H4O2. The van der Waals surface area contributed by atoms with Crippen LogP contribution in [0.15, 0.2) is 0 Å². The Morgan fingerprint density at radius 2 is 1.80 bits per heavy atom. The summed E-state index contributed by atoms with van der Waals surface area (Å²) in [4.78, 5) is 9.00. The van der Waals surface area contributed by atoms with Crippen molar-refractivity contribution in [3.63, 3.8) is 0 Å². The van der Waals surface area contributed by atoms with Crippen LogP contribution in [-0.2, 0) is 4.79 Å². The SMILES string of the molecule is CC(=O)O.[13C]. The molecule has 1 N–H and O–H groups in total. The number of carbonyl (C=O) groups is 1. The molecule has 0 saturated heterocycles. The van der Waals surface area contributed by atoms with Crippen molar-refractivity contribution in [3.8, 4) is 0 Å². The minimum absolute atomic E-state index is 0. The van der Waals surface area contributed by atoms with Crippen molar-refractivity contribution < 1.29 is 9.90 Å². The van der Waals surface area contributed by atoms with Crippen LogP contribution in [0, 0.1) is 7.43 Å². The van der Waals surface area contributed by atoms with Crippen LogP contribution in [0.5, 0.6) is 0 Å². The molecule has 0 atom stereocenters. The first-order chi connectivity index (χ1) is 1.73. The van der Waals surface area contributed by atoms with E-state index in [0.717, 1.165) is 6.92 Å². The Kier molecular flexibility index (Phi) is 6.12. The van der Waals surface area contributed by atoms with E-state index in [1.807, 2.05) is 0 Å². The van der Waals surface area contributed by atoms with Gasteiger partial charge < -0.3 is 5.11 Å². The highest BCUT2D eigenvalue weighted by Crippen LogP contribution is 1.42. The van der Waals surface area contributed by atoms with Gasteiger partial charge in [0.15, 0.2) is 0 Å². The summed E-state index contributed by atoms with van der Waals surface area (Å²) < 4.78 is 0. The van der Waals surface area contributed by atoms with Crippen LogP contribution in [0.3, 0.4) is 0 Å². The van der Waals surface area contributed by atoms with Crippen LogP contribution >= 0.6 is 0 Å². The molecule has 28 valence electrons. The van der Waals surface area contributed by atoms with Crippen molar-refractivity contribution >= 4 is 5.97 Å². The zero-order valence-electron chi connectivity index (χ0n) is 2.86. The maximum absolute atomic E-state index is 9.00. The summed E-state index contributed by atoms with van der Waals surface area (Å²) in [6, 6.07) is 0. The Labute approximate surface area is 31.4 Å². The molecule has 0 unspecified atom stereocenters. The number of carboxylic acid groups (broad SMARTS) is 1. The average molecular weight is 73.1 g/mol. The van der Waals surface area contributed by atoms with E-state index in [1.54, 1.807) is 0 Å². The maximum atomic E-state index is 9.00. The van der Waals surface area contributed by atoms with Gasteiger partial charge in [0, 0.05) is 14.4 Å². The number of rotatable bonds is 0. The molecule has 0 spiro atoms. The average Bonchev–Trinajstić information content (AvgIpc) is 0.811. The largest absolute Gasteiger partial charge is 0.481 e. The van der Waals surface area contributed by atoms with Gasteiger partial charge in [0.1, 0.15) is 0 Å². The molecule has 0 aliphatic heterocycles. The van der Waals surface area contributed by atoms with E-state index in [1.165, 1.54) is 0 Å². The summed E-state index contributed by atoms with van der Waals surface area (Å²) in [6.07, 6.45) is 0. The molecule has 0 aromatic rings. The van der Waals surface area contributed by atoms with Gasteiger partial charge in [-0.05, 0) is 0 Å². The van der Waals surface area contributed by atoms with Gasteiger partial charge in [0.25, 0.3) is 5.97 Å². The van der Waals surface area contributed by atoms with Gasteiger partial charge in [0.2, 0.25) is 0 Å². The molecule has 0 aliphatic carbocycles. The Morgan fingerprint density at radius 3 is 1.80 bits per heavy atom. The van der Waals surface area contributed by atoms with Crippen LogP contribution in [0.2, 0.25) is 0 Å². The Balaban J connectivity index is 0. The Bertz CT molecular complexity index is 27.9. The van der Waals surface area contributed by atoms with E-state index in [4.69, 9.17) is 9.90 Å². The second kappa shape index (κ2) is 3.47. The third-order valence-electron chi connectivity index (χ3n) is 0. The molecule has 0 aromatic carbocycles. The molecule has 0 heterocycles. The monoisotopic (exact) mass is 73.0 g/mol. The van der Waals surface area contributed by atoms with Gasteiger partial charge >= 0.3 is 0 Å². The number of hydrogen-bond donors (Lipinski definition) is 1. The first kappa shape index (κ1) is 8.82. The van der Waals surface area contributed by atoms with Gasteiger partial charge in [-0.1, -0.05) is 0 Å². The Morgan fingerprint density at radius 1 is 1.80 bits per heavy atom. The Hall–Kier alpha value is -0.530. The lowest BCUT2D eigenvalue weighted by molar-refractivity contribution is -0.134. The van der Waals surface area contributed by atoms with Crippen molar-refractivity contribution in [2.45, 2.75) is 6.92 Å². The summed E-state index contributed by atoms with van der Waals surface area (Å²) >= 11 is 0. The van der Waals surface area contributed by atoms with E-state index in [0.29, 0.717) is 0 Å². The van der Waals surface area contributed by atoms with Gasteiger partial charge in [-0.2, -0.15) is 0 Å². The molecule has 4 radical (unpaired) electrons. The van der Waals surface area contributed by atoms with Crippen LogP contribution in [0.1, 0.15) is 6.92 Å². The van der Waals surface area contributed by atoms with Gasteiger partial charge in [0.05, 0.1) is 0 Å². The highest BCUT2D eigenvalue weighted by Gasteiger charge is 1.65. The second-order valence-electron chi connectivity index (χ2n) is 0.519. The van der Waals surface area contributed by atoms with Crippen molar-refractivity contribution in [2.75, 3.05) is 0 Å². The number of hydrogen-bond acceptors (Lipinski definition) is 1. The molecule has 0 aliphatic rings. The van der Waals surface area contributed by atoms with Crippen molar-refractivity contribution in [2.24, 2.45) is 0 Å². The third-order valence-corrected chi connectivity index (χ3v) is 0. The molecule has 0 rings (SSSR count). The molecule has 0 saturated carbocycles. The maximum Gasteiger partial charge on any atom is 0.300 e. The summed E-state index contributed by atoms with van der Waals surface area (Å²) in [5.74, 6) is -0.833. The fraction of sp³-hybridized carbons (Fsp3) is 0.333. The quantitative estimate of drug-likeness (QED) is 0.415. The summed E-state index contributed by atoms with van der Waals surface area (Å²) in [5, 5.41) is 7.42. The number of carboxylic acids is 1. The van der Waals surface area contributed by atoms with E-state index in [9.17, 15) is 0 Å². The number of aliphatic carboxylic acids is 1. The minimum Gasteiger partial charge on any atom is -0.481 e. The predicted molar refractivity (Wildman–Crippen MR) is 16.6 cm³/mol. The van der Waals surface area contributed by atoms with E-state index < -0.39 is 5.97 Å². The first-order valence-corrected chi connectivity index (χ1v) is 0.928. The summed E-state index contributed by atoms with van der Waals surface area (Å²) in [7, 11) is 0. The highest BCUT2D eigenvalue weighted by atomic mass is 16.4. The minimum atomic E-state index is -0.833. The smallest absolute Gasteiger partial charge is 0.300 e. The molecule has 0 fully saturated rings. The fourth-order valence-electron chi connectivity index (χ4n) is 0. The fourth-order valence-corrected chi connectivity index (χ4v) is 0. The van der Waals surface area contributed by atoms with Gasteiger partial charge in [-0.25, -0.2) is 0 Å². The molecule has 5 heavy (non-hydrogen) atoms. The molecule has 0 bridgehead atoms. The first-order valence-electron chi connectivity index (χ1n) is 0.928. The van der Waals surface area contributed by atoms with Gasteiger partial charge in [-0.15, -0.1) is 0 Å². The predicted octanol–water partition coefficient (Wildman–Crippen LogP) is 0.172. The van der Waals surface area contributed by atoms with E-state index in [-0.39, 0.29) is 7.43 Å². The van der Waals surface area contributed by atoms with Crippen molar-refractivity contribution in [3.05, 3.63) is 7.43 Å². The zero-order chi connectivity index (χ0) is 3.58. The summed E-state index contributed by atoms with van der Waals surface area (Å²) in [6.45, 7) is 1.08.